The average molecular weight is 1240 g/mol. The van der Waals surface area contributed by atoms with Crippen LogP contribution in [0.1, 0.15) is 72.9 Å². The fourth-order valence-electron chi connectivity index (χ4n) is 10.1. The van der Waals surface area contributed by atoms with E-state index in [1.807, 2.05) is 86.6 Å². The van der Waals surface area contributed by atoms with Gasteiger partial charge in [-0.15, -0.1) is 0 Å². The summed E-state index contributed by atoms with van der Waals surface area (Å²) in [6.07, 6.45) is 3.80. The zero-order valence-corrected chi connectivity index (χ0v) is 51.4. The second kappa shape index (κ2) is 33.3. The van der Waals surface area contributed by atoms with Crippen molar-refractivity contribution in [2.75, 3.05) is 53.7 Å². The Morgan fingerprint density at radius 1 is 0.690 bits per heavy atom. The number of hydrogen-bond acceptors (Lipinski definition) is 17. The lowest BCUT2D eigenvalue weighted by molar-refractivity contribution is -0.148. The van der Waals surface area contributed by atoms with Gasteiger partial charge in [0.2, 0.25) is 17.7 Å². The Bertz CT molecular complexity index is 3100. The van der Waals surface area contributed by atoms with Gasteiger partial charge in [-0.1, -0.05) is 132 Å². The molecule has 4 heterocycles. The molecule has 4 aromatic rings. The Labute approximate surface area is 517 Å². The highest BCUT2D eigenvalue weighted by Crippen LogP contribution is 2.33. The van der Waals surface area contributed by atoms with E-state index in [2.05, 4.69) is 34.1 Å². The lowest BCUT2D eigenvalue weighted by Crippen LogP contribution is -2.56. The first kappa shape index (κ1) is 68.3. The molecule has 8 rings (SSSR count). The molecule has 8 unspecified atom stereocenters. The van der Waals surface area contributed by atoms with Crippen molar-refractivity contribution in [3.05, 3.63) is 166 Å². The molecule has 87 heavy (non-hydrogen) atoms. The van der Waals surface area contributed by atoms with E-state index in [0.717, 1.165) is 52.8 Å². The molecule has 0 bridgehead atoms. The van der Waals surface area contributed by atoms with Crippen LogP contribution in [0.3, 0.4) is 0 Å². The molecule has 468 valence electrons. The van der Waals surface area contributed by atoms with Crippen molar-refractivity contribution < 1.29 is 71.8 Å². The van der Waals surface area contributed by atoms with Crippen molar-refractivity contribution in [3.63, 3.8) is 0 Å². The van der Waals surface area contributed by atoms with Gasteiger partial charge in [-0.3, -0.25) is 4.79 Å². The first-order valence-corrected chi connectivity index (χ1v) is 29.3. The van der Waals surface area contributed by atoms with E-state index in [-0.39, 0.29) is 69.9 Å². The number of aryl methyl sites for hydroxylation is 2. The van der Waals surface area contributed by atoms with Crippen molar-refractivity contribution in [3.8, 4) is 0 Å². The van der Waals surface area contributed by atoms with Gasteiger partial charge in [0.1, 0.15) is 38.5 Å². The number of likely N-dealkylation sites (tertiary alicyclic amines) is 1. The number of carboxylic acid groups (broad SMARTS) is 1. The molecule has 23 heteroatoms. The van der Waals surface area contributed by atoms with Gasteiger partial charge in [0.05, 0.1) is 45.7 Å². The number of esters is 2. The van der Waals surface area contributed by atoms with Crippen LogP contribution in [-0.4, -0.2) is 159 Å². The van der Waals surface area contributed by atoms with Crippen LogP contribution in [0.2, 0.25) is 10.0 Å². The minimum absolute atomic E-state index is 0.00943. The average Bonchev–Trinajstić information content (AvgIpc) is 2.01. The zero-order chi connectivity index (χ0) is 63.1. The van der Waals surface area contributed by atoms with Crippen molar-refractivity contribution in [2.45, 2.75) is 127 Å². The summed E-state index contributed by atoms with van der Waals surface area (Å²) < 4.78 is 43.3. The first-order chi connectivity index (χ1) is 41.7. The molecule has 4 aromatic carbocycles. The number of aliphatic carboxylic acids is 1. The Morgan fingerprint density at radius 2 is 1.16 bits per heavy atom. The summed E-state index contributed by atoms with van der Waals surface area (Å²) >= 11 is 12.2. The fraction of sp³-hybridized carbons (Fsp3) is 0.438. The number of carbonyl (C=O) groups is 6. The van der Waals surface area contributed by atoms with E-state index in [4.69, 9.17) is 66.1 Å². The molecule has 0 saturated carbocycles. The van der Waals surface area contributed by atoms with Gasteiger partial charge in [-0.05, 0) is 106 Å². The summed E-state index contributed by atoms with van der Waals surface area (Å²) in [7, 11) is 2.68. The number of carbonyl (C=O) groups excluding carboxylic acids is 5. The number of amides is 3. The normalized spacial score (nSPS) is 20.5. The Balaban J connectivity index is 0.000000230. The minimum Gasteiger partial charge on any atom is -0.480 e. The van der Waals surface area contributed by atoms with Crippen LogP contribution in [0.4, 0.5) is 9.59 Å². The number of methoxy groups -OCH3 is 2. The molecule has 4 aliphatic rings. The lowest BCUT2D eigenvalue weighted by atomic mass is 9.92. The predicted octanol–water partition coefficient (Wildman–Crippen LogP) is 8.65. The van der Waals surface area contributed by atoms with Crippen molar-refractivity contribution in [2.24, 2.45) is 9.98 Å². The maximum absolute atomic E-state index is 14.0. The number of alkyl carbamates (subject to hydrolysis) is 2. The van der Waals surface area contributed by atoms with E-state index < -0.39 is 65.5 Å². The highest BCUT2D eigenvalue weighted by atomic mass is 35.5. The van der Waals surface area contributed by atoms with Crippen LogP contribution in [0.25, 0.3) is 0 Å². The Morgan fingerprint density at radius 3 is 1.62 bits per heavy atom. The van der Waals surface area contributed by atoms with Gasteiger partial charge < -0.3 is 63.9 Å². The number of nitrogens with zero attached hydrogens (tertiary/aromatic N) is 3. The largest absolute Gasteiger partial charge is 0.480 e. The molecule has 0 spiro atoms. The molecule has 0 radical (unpaired) electrons. The highest BCUT2D eigenvalue weighted by Gasteiger charge is 2.50. The summed E-state index contributed by atoms with van der Waals surface area (Å²) in [5, 5.41) is 18.6. The van der Waals surface area contributed by atoms with Crippen LogP contribution in [0, 0.1) is 13.8 Å². The molecule has 4 aliphatic heterocycles. The van der Waals surface area contributed by atoms with Crippen molar-refractivity contribution >= 4 is 71.0 Å². The third-order valence-corrected chi connectivity index (χ3v) is 15.0. The molecular formula is C64H78Cl2N6O15. The summed E-state index contributed by atoms with van der Waals surface area (Å²) in [6.45, 7) is 16.3. The minimum atomic E-state index is -1.32. The third-order valence-electron chi connectivity index (χ3n) is 14.5. The molecule has 0 aliphatic carbocycles. The maximum atomic E-state index is 14.0. The van der Waals surface area contributed by atoms with Gasteiger partial charge in [-0.25, -0.2) is 34.0 Å². The smallest absolute Gasteiger partial charge is 0.408 e. The monoisotopic (exact) mass is 1240 g/mol. The quantitative estimate of drug-likeness (QED) is 0.0291. The summed E-state index contributed by atoms with van der Waals surface area (Å²) in [6, 6.07) is 27.5. The SMILES string of the molecule is C=CCOC(=O)NC(C(=O)N1CCCC1C1=NC(Cc2cccc(Cl)c2)(C(=O)OC)CO1)C(C)OCc1cccc(C)c1.C=CCOC(=O)NC(C(=O)O)C(C)OCc1cccc(C)c1.COC(=O)C1(Cc2cccc(Cl)c2)COC(C2CCCN2)=N1. The van der Waals surface area contributed by atoms with Gasteiger partial charge in [-0.2, -0.15) is 0 Å². The second-order valence-corrected chi connectivity index (χ2v) is 22.2. The molecule has 8 atom stereocenters. The van der Waals surface area contributed by atoms with Crippen LogP contribution < -0.4 is 16.0 Å². The summed E-state index contributed by atoms with van der Waals surface area (Å²) in [4.78, 5) is 85.6. The van der Waals surface area contributed by atoms with E-state index >= 15 is 0 Å². The van der Waals surface area contributed by atoms with Gasteiger partial charge >= 0.3 is 30.1 Å². The van der Waals surface area contributed by atoms with E-state index in [1.165, 1.54) is 26.4 Å². The third kappa shape index (κ3) is 19.9. The van der Waals surface area contributed by atoms with Crippen LogP contribution in [-0.2, 0) is 83.1 Å². The molecular weight excluding hydrogens is 1160 g/mol. The number of nitrogens with one attached hydrogen (secondary N) is 3. The molecule has 4 N–H and O–H groups in total. The molecule has 0 aromatic heterocycles. The number of carboxylic acids is 1. The fourth-order valence-corrected chi connectivity index (χ4v) is 10.6. The molecule has 2 saturated heterocycles. The topological polar surface area (TPSA) is 261 Å². The number of ether oxygens (including phenoxy) is 8. The van der Waals surface area contributed by atoms with Crippen LogP contribution in [0.15, 0.2) is 132 Å². The highest BCUT2D eigenvalue weighted by molar-refractivity contribution is 6.31. The number of benzene rings is 4. The summed E-state index contributed by atoms with van der Waals surface area (Å²) in [5.41, 5.74) is 3.46. The van der Waals surface area contributed by atoms with E-state index in [0.29, 0.717) is 41.8 Å². The van der Waals surface area contributed by atoms with Crippen molar-refractivity contribution in [1.82, 2.24) is 20.9 Å². The number of halogens is 2. The Hall–Kier alpha value is -7.82. The van der Waals surface area contributed by atoms with Crippen LogP contribution >= 0.6 is 23.2 Å². The van der Waals surface area contributed by atoms with Gasteiger partial charge in [0.25, 0.3) is 0 Å². The molecule has 3 amide bonds. The van der Waals surface area contributed by atoms with E-state index in [1.54, 1.807) is 43.0 Å². The second-order valence-electron chi connectivity index (χ2n) is 21.3. The maximum Gasteiger partial charge on any atom is 0.408 e. The van der Waals surface area contributed by atoms with Crippen LogP contribution in [0.5, 0.6) is 0 Å². The van der Waals surface area contributed by atoms with E-state index in [9.17, 15) is 33.9 Å². The predicted molar refractivity (Wildman–Crippen MR) is 328 cm³/mol. The summed E-state index contributed by atoms with van der Waals surface area (Å²) in [5.74, 6) is -1.58. The Kier molecular flexibility index (Phi) is 26.2. The molecule has 21 nitrogen and oxygen atoms in total. The van der Waals surface area contributed by atoms with Gasteiger partial charge in [0, 0.05) is 29.4 Å². The van der Waals surface area contributed by atoms with Crippen molar-refractivity contribution in [1.29, 1.82) is 0 Å². The molecule has 2 fully saturated rings. The first-order valence-electron chi connectivity index (χ1n) is 28.5. The number of aliphatic imine (C=N–C) groups is 2. The standard InChI is InChI=1S/C32H38ClN3O7.C16H19ClN2O3.C16H21NO5/c1-5-15-41-31(39)34-27(22(3)42-19-24-11-6-9-21(2)16-24)29(37)36-14-8-13-26(36)28-35-32(20-43-28,30(38)40-4)18-23-10-7-12-25(33)17-23;1-21-15(20)16(9-11-4-2-5-12(17)8-11)10-22-14(19-16)13-6-3-7-18-13;1-4-8-21-16(20)17-14(15(18)19)12(3)22-10-13-7-5-6-11(2)9-13/h5-7,9-12,16-17,22,26-27H,1,8,13-15,18-20H2,2-4H3,(H,34,39);2,4-5,8,13,18H,3,6-7,9-10H2,1H3;4-7,9,12,14H,1,8,10H2,2-3H3,(H,17,20)(H,18,19). The number of rotatable bonds is 24. The zero-order valence-electron chi connectivity index (χ0n) is 49.9. The van der Waals surface area contributed by atoms with Gasteiger partial charge in [0.15, 0.2) is 17.1 Å². The lowest BCUT2D eigenvalue weighted by Gasteiger charge is -2.31. The number of hydrogen-bond donors (Lipinski definition) is 4.